The molecule has 0 aliphatic heterocycles. The Morgan fingerprint density at radius 1 is 1.22 bits per heavy atom. The maximum atomic E-state index is 11.8. The average molecular weight is 261 g/mol. The van der Waals surface area contributed by atoms with Crippen molar-refractivity contribution in [3.05, 3.63) is 0 Å². The van der Waals surface area contributed by atoms with Crippen LogP contribution in [0.2, 0.25) is 0 Å². The number of nitrogens with two attached hydrogens (primary N) is 1. The molecule has 0 saturated carbocycles. The zero-order chi connectivity index (χ0) is 14.7. The Bertz CT molecular complexity index is 308. The molecule has 0 fully saturated rings. The van der Waals surface area contributed by atoms with Crippen LogP contribution in [0.3, 0.4) is 0 Å². The number of aliphatic hydroxyl groups excluding tert-OH is 1. The maximum absolute atomic E-state index is 11.8. The Balaban J connectivity index is 4.98. The van der Waals surface area contributed by atoms with Crippen molar-refractivity contribution in [1.29, 1.82) is 0 Å². The van der Waals surface area contributed by atoms with Crippen molar-refractivity contribution in [2.75, 3.05) is 0 Å². The molecule has 0 saturated heterocycles. The highest BCUT2D eigenvalue weighted by molar-refractivity contribution is 5.94. The van der Waals surface area contributed by atoms with E-state index in [0.29, 0.717) is 0 Å². The van der Waals surface area contributed by atoms with Gasteiger partial charge in [-0.1, -0.05) is 13.8 Å². The number of esters is 1. The summed E-state index contributed by atoms with van der Waals surface area (Å²) in [6, 6.07) is -0.807. The fourth-order valence-corrected chi connectivity index (χ4v) is 1.37. The number of ether oxygens (including phenoxy) is 1. The Labute approximate surface area is 107 Å². The summed E-state index contributed by atoms with van der Waals surface area (Å²) in [5.74, 6) is -4.22. The van der Waals surface area contributed by atoms with Crippen molar-refractivity contribution in [1.82, 2.24) is 0 Å². The van der Waals surface area contributed by atoms with E-state index in [9.17, 15) is 14.7 Å². The van der Waals surface area contributed by atoms with Crippen LogP contribution in [0.5, 0.6) is 0 Å². The molecule has 3 atom stereocenters. The molecule has 0 amide bonds. The molecule has 0 heterocycles. The lowest BCUT2D eigenvalue weighted by Gasteiger charge is -2.28. The molecule has 18 heavy (non-hydrogen) atoms. The highest BCUT2D eigenvalue weighted by atomic mass is 16.6. The summed E-state index contributed by atoms with van der Waals surface area (Å²) >= 11 is 0. The van der Waals surface area contributed by atoms with Gasteiger partial charge in [0.15, 0.2) is 5.92 Å². The van der Waals surface area contributed by atoms with Gasteiger partial charge < -0.3 is 20.7 Å². The van der Waals surface area contributed by atoms with Gasteiger partial charge >= 0.3 is 11.9 Å². The predicted octanol–water partition coefficient (Wildman–Crippen LogP) is 0.373. The molecule has 1 unspecified atom stereocenters. The summed E-state index contributed by atoms with van der Waals surface area (Å²) < 4.78 is 4.98. The van der Waals surface area contributed by atoms with Crippen LogP contribution >= 0.6 is 0 Å². The summed E-state index contributed by atoms with van der Waals surface area (Å²) in [5, 5.41) is 18.9. The van der Waals surface area contributed by atoms with Crippen LogP contribution in [-0.2, 0) is 14.3 Å². The van der Waals surface area contributed by atoms with Gasteiger partial charge in [-0.15, -0.1) is 0 Å². The molecule has 0 bridgehead atoms. The standard InChI is InChI=1S/C12H23NO5/c1-6(2)8(13)9(14)7(10(15)16)11(17)18-12(3,4)5/h6-9,14H,13H2,1-5H3,(H,15,16)/t7?,8-,9-/m0/s1. The first-order chi connectivity index (χ1) is 7.97. The SMILES string of the molecule is CC(C)[C@H](N)[C@@H](O)C(C(=O)O)C(=O)OC(C)(C)C. The van der Waals surface area contributed by atoms with Crippen molar-refractivity contribution >= 4 is 11.9 Å². The van der Waals surface area contributed by atoms with Crippen LogP contribution in [0, 0.1) is 11.8 Å². The molecule has 0 aromatic rings. The Morgan fingerprint density at radius 2 is 1.67 bits per heavy atom. The lowest BCUT2D eigenvalue weighted by atomic mass is 9.90. The summed E-state index contributed by atoms with van der Waals surface area (Å²) in [7, 11) is 0. The minimum atomic E-state index is -1.67. The first-order valence-corrected chi connectivity index (χ1v) is 5.86. The summed E-state index contributed by atoms with van der Waals surface area (Å²) in [6.07, 6.45) is -1.47. The first-order valence-electron chi connectivity index (χ1n) is 5.86. The van der Waals surface area contributed by atoms with Crippen LogP contribution < -0.4 is 5.73 Å². The van der Waals surface area contributed by atoms with E-state index in [2.05, 4.69) is 0 Å². The molecule has 0 aromatic carbocycles. The smallest absolute Gasteiger partial charge is 0.323 e. The number of hydrogen-bond acceptors (Lipinski definition) is 5. The molecule has 0 aliphatic rings. The van der Waals surface area contributed by atoms with E-state index in [4.69, 9.17) is 15.6 Å². The number of carboxylic acid groups (broad SMARTS) is 1. The summed E-state index contributed by atoms with van der Waals surface area (Å²) in [6.45, 7) is 8.35. The summed E-state index contributed by atoms with van der Waals surface area (Å²) in [4.78, 5) is 22.8. The van der Waals surface area contributed by atoms with Gasteiger partial charge in [-0.25, -0.2) is 0 Å². The normalized spacial score (nSPS) is 17.1. The second-order valence-corrected chi connectivity index (χ2v) is 5.66. The van der Waals surface area contributed by atoms with Gasteiger partial charge in [-0.05, 0) is 26.7 Å². The van der Waals surface area contributed by atoms with E-state index in [0.717, 1.165) is 0 Å². The Morgan fingerprint density at radius 3 is 1.94 bits per heavy atom. The number of rotatable bonds is 5. The molecule has 4 N–H and O–H groups in total. The summed E-state index contributed by atoms with van der Waals surface area (Å²) in [5.41, 5.74) is 4.87. The van der Waals surface area contributed by atoms with E-state index in [1.54, 1.807) is 34.6 Å². The molecule has 0 aliphatic carbocycles. The van der Waals surface area contributed by atoms with Crippen molar-refractivity contribution in [2.24, 2.45) is 17.6 Å². The van der Waals surface area contributed by atoms with Gasteiger partial charge in [0, 0.05) is 6.04 Å². The van der Waals surface area contributed by atoms with Crippen molar-refractivity contribution < 1.29 is 24.5 Å². The van der Waals surface area contributed by atoms with Gasteiger partial charge in [0.1, 0.15) is 5.60 Å². The monoisotopic (exact) mass is 261 g/mol. The minimum absolute atomic E-state index is 0.149. The molecule has 0 rings (SSSR count). The van der Waals surface area contributed by atoms with Crippen molar-refractivity contribution in [2.45, 2.75) is 52.4 Å². The molecule has 106 valence electrons. The molecule has 0 aromatic heterocycles. The second kappa shape index (κ2) is 6.15. The number of carbonyl (C=O) groups is 2. The predicted molar refractivity (Wildman–Crippen MR) is 65.8 cm³/mol. The fourth-order valence-electron chi connectivity index (χ4n) is 1.37. The highest BCUT2D eigenvalue weighted by Crippen LogP contribution is 2.18. The van der Waals surface area contributed by atoms with Crippen LogP contribution in [0.4, 0.5) is 0 Å². The number of aliphatic carboxylic acids is 1. The van der Waals surface area contributed by atoms with E-state index < -0.39 is 35.6 Å². The molecular weight excluding hydrogens is 238 g/mol. The number of carbonyl (C=O) groups excluding carboxylic acids is 1. The van der Waals surface area contributed by atoms with E-state index >= 15 is 0 Å². The molecule has 6 heteroatoms. The van der Waals surface area contributed by atoms with Gasteiger partial charge in [-0.2, -0.15) is 0 Å². The first kappa shape index (κ1) is 16.9. The number of hydrogen-bond donors (Lipinski definition) is 3. The Hall–Kier alpha value is -1.14. The van der Waals surface area contributed by atoms with Crippen molar-refractivity contribution in [3.63, 3.8) is 0 Å². The molecule has 0 radical (unpaired) electrons. The number of aliphatic hydroxyl groups is 1. The third kappa shape index (κ3) is 5.01. The molecular formula is C12H23NO5. The zero-order valence-electron chi connectivity index (χ0n) is 11.5. The van der Waals surface area contributed by atoms with Gasteiger partial charge in [0.2, 0.25) is 0 Å². The quantitative estimate of drug-likeness (QED) is 0.487. The average Bonchev–Trinajstić information content (AvgIpc) is 2.12. The van der Waals surface area contributed by atoms with Gasteiger partial charge in [-0.3, -0.25) is 9.59 Å². The highest BCUT2D eigenvalue weighted by Gasteiger charge is 2.40. The fraction of sp³-hybridized carbons (Fsp3) is 0.833. The van der Waals surface area contributed by atoms with Gasteiger partial charge in [0.05, 0.1) is 6.10 Å². The van der Waals surface area contributed by atoms with Crippen LogP contribution in [0.1, 0.15) is 34.6 Å². The Kier molecular flexibility index (Phi) is 5.76. The minimum Gasteiger partial charge on any atom is -0.481 e. The lowest BCUT2D eigenvalue weighted by Crippen LogP contribution is -2.50. The van der Waals surface area contributed by atoms with Crippen LogP contribution in [0.25, 0.3) is 0 Å². The zero-order valence-corrected chi connectivity index (χ0v) is 11.5. The van der Waals surface area contributed by atoms with Crippen molar-refractivity contribution in [3.8, 4) is 0 Å². The topological polar surface area (TPSA) is 110 Å². The van der Waals surface area contributed by atoms with E-state index in [1.165, 1.54) is 0 Å². The second-order valence-electron chi connectivity index (χ2n) is 5.66. The largest absolute Gasteiger partial charge is 0.481 e. The third-order valence-electron chi connectivity index (χ3n) is 2.43. The lowest BCUT2D eigenvalue weighted by molar-refractivity contribution is -0.172. The molecule has 6 nitrogen and oxygen atoms in total. The molecule has 0 spiro atoms. The van der Waals surface area contributed by atoms with Crippen LogP contribution in [0.15, 0.2) is 0 Å². The van der Waals surface area contributed by atoms with Crippen LogP contribution in [-0.4, -0.2) is 39.9 Å². The van der Waals surface area contributed by atoms with E-state index in [1.807, 2.05) is 0 Å². The maximum Gasteiger partial charge on any atom is 0.323 e. The van der Waals surface area contributed by atoms with E-state index in [-0.39, 0.29) is 5.92 Å². The third-order valence-corrected chi connectivity index (χ3v) is 2.43. The van der Waals surface area contributed by atoms with Gasteiger partial charge in [0.25, 0.3) is 0 Å². The number of carboxylic acids is 1.